The molecular weight excluding hydrogens is 346 g/mol. The smallest absolute Gasteiger partial charge is 0.338 e. The molecule has 0 atom stereocenters. The van der Waals surface area contributed by atoms with Crippen LogP contribution in [0.4, 0.5) is 4.79 Å². The molecule has 0 spiro atoms. The molecule has 0 aliphatic carbocycles. The number of urea groups is 1. The van der Waals surface area contributed by atoms with Crippen molar-refractivity contribution in [1.82, 2.24) is 10.0 Å². The van der Waals surface area contributed by atoms with E-state index < -0.39 is 6.03 Å². The Bertz CT molecular complexity index is 891. The van der Waals surface area contributed by atoms with Crippen molar-refractivity contribution in [1.29, 1.82) is 0 Å². The summed E-state index contributed by atoms with van der Waals surface area (Å²) in [5, 5.41) is 9.79. The molecule has 2 amide bonds. The Hall–Kier alpha value is -3.32. The van der Waals surface area contributed by atoms with Crippen molar-refractivity contribution in [2.24, 2.45) is 5.73 Å². The summed E-state index contributed by atoms with van der Waals surface area (Å²) in [6.07, 6.45) is 0.621. The number of aryl methyl sites for hydroxylation is 1. The molecule has 0 aliphatic rings. The number of nitrogens with two attached hydrogens (primary N) is 1. The van der Waals surface area contributed by atoms with Crippen LogP contribution in [0.5, 0.6) is 5.75 Å². The number of oxazole rings is 1. The van der Waals surface area contributed by atoms with Crippen LogP contribution in [0.15, 0.2) is 59.0 Å². The van der Waals surface area contributed by atoms with Gasteiger partial charge in [0.2, 0.25) is 5.89 Å². The molecule has 1 heterocycles. The fraction of sp³-hybridized carbons (Fsp3) is 0.200. The van der Waals surface area contributed by atoms with Gasteiger partial charge in [-0.2, -0.15) is 0 Å². The molecule has 0 saturated carbocycles. The van der Waals surface area contributed by atoms with E-state index in [9.17, 15) is 10.0 Å². The molecular formula is C20H21N3O4. The number of carbonyl (C=O) groups excluding carboxylic acids is 1. The lowest BCUT2D eigenvalue weighted by molar-refractivity contribution is -0.0470. The molecule has 7 nitrogen and oxygen atoms in total. The Morgan fingerprint density at radius 1 is 1.19 bits per heavy atom. The van der Waals surface area contributed by atoms with Crippen LogP contribution in [0, 0.1) is 6.92 Å². The number of nitrogens with zero attached hydrogens (tertiary/aromatic N) is 2. The molecule has 0 saturated heterocycles. The predicted molar refractivity (Wildman–Crippen MR) is 99.2 cm³/mol. The fourth-order valence-electron chi connectivity index (χ4n) is 2.57. The minimum absolute atomic E-state index is 0.0238. The lowest BCUT2D eigenvalue weighted by Crippen LogP contribution is -2.31. The first-order valence-corrected chi connectivity index (χ1v) is 8.52. The summed E-state index contributed by atoms with van der Waals surface area (Å²) in [5.41, 5.74) is 7.53. The molecule has 0 fully saturated rings. The normalized spacial score (nSPS) is 10.6. The summed E-state index contributed by atoms with van der Waals surface area (Å²) < 4.78 is 11.5. The molecule has 3 aromatic rings. The minimum Gasteiger partial charge on any atom is -0.493 e. The number of hydrogen-bond acceptors (Lipinski definition) is 5. The van der Waals surface area contributed by atoms with Crippen LogP contribution >= 0.6 is 0 Å². The van der Waals surface area contributed by atoms with Crippen LogP contribution in [0.3, 0.4) is 0 Å². The minimum atomic E-state index is -0.895. The maximum Gasteiger partial charge on any atom is 0.338 e. The number of primary amides is 1. The summed E-state index contributed by atoms with van der Waals surface area (Å²) in [5.74, 6) is 2.07. The summed E-state index contributed by atoms with van der Waals surface area (Å²) in [6.45, 7) is 2.37. The molecule has 2 aromatic carbocycles. The number of ether oxygens (including phenoxy) is 1. The van der Waals surface area contributed by atoms with Crippen LogP contribution in [-0.4, -0.2) is 27.9 Å². The first kappa shape index (κ1) is 18.5. The number of hydroxylamine groups is 2. The Labute approximate surface area is 157 Å². The van der Waals surface area contributed by atoms with Gasteiger partial charge in [-0.05, 0) is 36.8 Å². The van der Waals surface area contributed by atoms with Crippen molar-refractivity contribution in [3.05, 3.63) is 71.6 Å². The third-order valence-electron chi connectivity index (χ3n) is 4.03. The zero-order valence-corrected chi connectivity index (χ0v) is 15.0. The second-order valence-corrected chi connectivity index (χ2v) is 6.03. The number of aromatic nitrogens is 1. The van der Waals surface area contributed by atoms with Gasteiger partial charge in [-0.1, -0.05) is 30.3 Å². The van der Waals surface area contributed by atoms with Gasteiger partial charge in [0.05, 0.1) is 18.8 Å². The molecule has 0 unspecified atom stereocenters. The highest BCUT2D eigenvalue weighted by Gasteiger charge is 2.11. The summed E-state index contributed by atoms with van der Waals surface area (Å²) >= 11 is 0. The van der Waals surface area contributed by atoms with Gasteiger partial charge in [0.1, 0.15) is 11.5 Å². The Balaban J connectivity index is 1.54. The standard InChI is InChI=1S/C20H21N3O4/c1-14-18(22-19(27-14)16-5-3-2-4-6-16)11-12-26-17-9-7-15(8-10-17)13-23(25)20(21)24/h2-10,25H,11-13H2,1H3,(H2,21,24). The molecule has 27 heavy (non-hydrogen) atoms. The first-order chi connectivity index (χ1) is 13.0. The quantitative estimate of drug-likeness (QED) is 0.491. The third kappa shape index (κ3) is 4.86. The van der Waals surface area contributed by atoms with Gasteiger partial charge < -0.3 is 14.9 Å². The topological polar surface area (TPSA) is 102 Å². The van der Waals surface area contributed by atoms with Crippen LogP contribution < -0.4 is 10.5 Å². The molecule has 1 aromatic heterocycles. The molecule has 7 heteroatoms. The largest absolute Gasteiger partial charge is 0.493 e. The van der Waals surface area contributed by atoms with Crippen molar-refractivity contribution < 1.29 is 19.2 Å². The van der Waals surface area contributed by atoms with Crippen molar-refractivity contribution in [3.63, 3.8) is 0 Å². The third-order valence-corrected chi connectivity index (χ3v) is 4.03. The molecule has 0 aliphatic heterocycles. The number of carbonyl (C=O) groups is 1. The van der Waals surface area contributed by atoms with Gasteiger partial charge in [0, 0.05) is 12.0 Å². The average molecular weight is 367 g/mol. The van der Waals surface area contributed by atoms with E-state index in [1.807, 2.05) is 37.3 Å². The van der Waals surface area contributed by atoms with Gasteiger partial charge in [-0.3, -0.25) is 5.21 Å². The van der Waals surface area contributed by atoms with E-state index in [0.29, 0.717) is 29.7 Å². The SMILES string of the molecule is Cc1oc(-c2ccccc2)nc1CCOc1ccc(CN(O)C(N)=O)cc1. The highest BCUT2D eigenvalue weighted by Crippen LogP contribution is 2.22. The maximum absolute atomic E-state index is 10.8. The number of rotatable bonds is 7. The van der Waals surface area contributed by atoms with Crippen LogP contribution in [0.2, 0.25) is 0 Å². The lowest BCUT2D eigenvalue weighted by atomic mass is 10.2. The summed E-state index contributed by atoms with van der Waals surface area (Å²) in [7, 11) is 0. The van der Waals surface area contributed by atoms with Gasteiger partial charge in [-0.15, -0.1) is 0 Å². The van der Waals surface area contributed by atoms with E-state index >= 15 is 0 Å². The second kappa shape index (κ2) is 8.37. The first-order valence-electron chi connectivity index (χ1n) is 8.52. The summed E-state index contributed by atoms with van der Waals surface area (Å²) in [6, 6.07) is 15.9. The van der Waals surface area contributed by atoms with Crippen molar-refractivity contribution in [3.8, 4) is 17.2 Å². The van der Waals surface area contributed by atoms with Gasteiger partial charge in [-0.25, -0.2) is 14.8 Å². The predicted octanol–water partition coefficient (Wildman–Crippen LogP) is 3.54. The van der Waals surface area contributed by atoms with E-state index in [-0.39, 0.29) is 6.54 Å². The van der Waals surface area contributed by atoms with Gasteiger partial charge >= 0.3 is 6.03 Å². The van der Waals surface area contributed by atoms with Crippen LogP contribution in [0.1, 0.15) is 17.0 Å². The maximum atomic E-state index is 10.8. The average Bonchev–Trinajstić information content (AvgIpc) is 3.04. The number of benzene rings is 2. The van der Waals surface area contributed by atoms with Crippen molar-refractivity contribution >= 4 is 6.03 Å². The van der Waals surface area contributed by atoms with Crippen LogP contribution in [-0.2, 0) is 13.0 Å². The van der Waals surface area contributed by atoms with Gasteiger partial charge in [0.15, 0.2) is 0 Å². The van der Waals surface area contributed by atoms with E-state index in [1.165, 1.54) is 0 Å². The Morgan fingerprint density at radius 2 is 1.89 bits per heavy atom. The molecule has 0 bridgehead atoms. The molecule has 0 radical (unpaired) electrons. The lowest BCUT2D eigenvalue weighted by Gasteiger charge is -2.12. The zero-order chi connectivity index (χ0) is 19.2. The highest BCUT2D eigenvalue weighted by atomic mass is 16.5. The van der Waals surface area contributed by atoms with E-state index in [4.69, 9.17) is 14.9 Å². The van der Waals surface area contributed by atoms with E-state index in [2.05, 4.69) is 4.98 Å². The van der Waals surface area contributed by atoms with Crippen molar-refractivity contribution in [2.45, 2.75) is 19.9 Å². The fourth-order valence-corrected chi connectivity index (χ4v) is 2.57. The monoisotopic (exact) mass is 367 g/mol. The zero-order valence-electron chi connectivity index (χ0n) is 15.0. The number of hydrogen-bond donors (Lipinski definition) is 2. The highest BCUT2D eigenvalue weighted by molar-refractivity contribution is 5.70. The van der Waals surface area contributed by atoms with Gasteiger partial charge in [0.25, 0.3) is 0 Å². The Morgan fingerprint density at radius 3 is 2.56 bits per heavy atom. The molecule has 3 rings (SSSR count). The van der Waals surface area contributed by atoms with Crippen molar-refractivity contribution in [2.75, 3.05) is 6.61 Å². The van der Waals surface area contributed by atoms with Crippen LogP contribution in [0.25, 0.3) is 11.5 Å². The van der Waals surface area contributed by atoms with E-state index in [1.54, 1.807) is 24.3 Å². The van der Waals surface area contributed by atoms with E-state index in [0.717, 1.165) is 22.6 Å². The molecule has 140 valence electrons. The number of amides is 2. The summed E-state index contributed by atoms with van der Waals surface area (Å²) in [4.78, 5) is 15.4. The Kier molecular flexibility index (Phi) is 5.73. The second-order valence-electron chi connectivity index (χ2n) is 6.03. The molecule has 3 N–H and O–H groups in total.